The van der Waals surface area contributed by atoms with Gasteiger partial charge >= 0.3 is 12.0 Å². The van der Waals surface area contributed by atoms with Crippen LogP contribution >= 0.6 is 0 Å². The van der Waals surface area contributed by atoms with E-state index in [0.717, 1.165) is 25.7 Å². The fourth-order valence-corrected chi connectivity index (χ4v) is 2.22. The average molecular weight is 273 g/mol. The predicted molar refractivity (Wildman–Crippen MR) is 69.6 cm³/mol. The third kappa shape index (κ3) is 5.89. The van der Waals surface area contributed by atoms with Crippen molar-refractivity contribution in [1.82, 2.24) is 10.6 Å². The van der Waals surface area contributed by atoms with E-state index in [1.54, 1.807) is 0 Å². The van der Waals surface area contributed by atoms with Crippen LogP contribution in [0.1, 0.15) is 39.0 Å². The van der Waals surface area contributed by atoms with Crippen LogP contribution in [-0.2, 0) is 4.79 Å². The van der Waals surface area contributed by atoms with E-state index in [1.807, 2.05) is 0 Å². The third-order valence-corrected chi connectivity index (χ3v) is 3.30. The van der Waals surface area contributed by atoms with Gasteiger partial charge in [-0.05, 0) is 19.8 Å². The van der Waals surface area contributed by atoms with E-state index >= 15 is 0 Å². The molecule has 1 aliphatic rings. The maximum Gasteiger partial charge on any atom is 0.315 e. The van der Waals surface area contributed by atoms with Gasteiger partial charge in [0.05, 0.1) is 12.0 Å². The van der Waals surface area contributed by atoms with Crippen LogP contribution in [0, 0.1) is 0 Å². The number of rotatable bonds is 5. The zero-order valence-corrected chi connectivity index (χ0v) is 11.2. The van der Waals surface area contributed by atoms with Crippen LogP contribution in [0.5, 0.6) is 0 Å². The Balaban J connectivity index is 2.32. The van der Waals surface area contributed by atoms with Crippen molar-refractivity contribution in [2.45, 2.75) is 56.7 Å². The summed E-state index contributed by atoms with van der Waals surface area (Å²) in [4.78, 5) is 22.2. The third-order valence-electron chi connectivity index (χ3n) is 3.30. The van der Waals surface area contributed by atoms with E-state index in [0.29, 0.717) is 0 Å². The lowest BCUT2D eigenvalue weighted by Gasteiger charge is -2.30. The molecule has 0 aromatic heterocycles. The Kier molecular flexibility index (Phi) is 5.56. The summed E-state index contributed by atoms with van der Waals surface area (Å²) in [6.07, 6.45) is 3.43. The molecule has 1 saturated carbocycles. The van der Waals surface area contributed by atoms with Gasteiger partial charge in [-0.2, -0.15) is 0 Å². The van der Waals surface area contributed by atoms with Gasteiger partial charge in [-0.1, -0.05) is 12.8 Å². The number of hydrogen-bond donors (Lipinski definition) is 5. The number of carboxylic acids is 1. The highest BCUT2D eigenvalue weighted by atomic mass is 16.4. The average Bonchev–Trinajstić information content (AvgIpc) is 2.28. The first-order chi connectivity index (χ1) is 8.80. The van der Waals surface area contributed by atoms with Gasteiger partial charge in [0.15, 0.2) is 0 Å². The number of nitrogens with one attached hydrogen (secondary N) is 2. The Labute approximate surface area is 112 Å². The van der Waals surface area contributed by atoms with Crippen molar-refractivity contribution in [2.24, 2.45) is 5.73 Å². The summed E-state index contributed by atoms with van der Waals surface area (Å²) in [6, 6.07) is -0.523. The molecule has 0 saturated heterocycles. The highest BCUT2D eigenvalue weighted by Crippen LogP contribution is 2.16. The second kappa shape index (κ2) is 6.72. The van der Waals surface area contributed by atoms with Crippen molar-refractivity contribution in [2.75, 3.05) is 6.54 Å². The van der Waals surface area contributed by atoms with Gasteiger partial charge in [0, 0.05) is 18.6 Å². The molecule has 3 unspecified atom stereocenters. The fourth-order valence-electron chi connectivity index (χ4n) is 2.22. The molecule has 1 rings (SSSR count). The Morgan fingerprint density at radius 1 is 1.37 bits per heavy atom. The Morgan fingerprint density at radius 2 is 2.00 bits per heavy atom. The fraction of sp³-hybridized carbons (Fsp3) is 0.833. The second-order valence-electron chi connectivity index (χ2n) is 5.45. The molecule has 0 radical (unpaired) electrons. The maximum absolute atomic E-state index is 11.7. The molecule has 2 amide bonds. The lowest BCUT2D eigenvalue weighted by molar-refractivity contribution is -0.141. The minimum atomic E-state index is -1.46. The van der Waals surface area contributed by atoms with Crippen molar-refractivity contribution < 1.29 is 19.8 Å². The number of carboxylic acid groups (broad SMARTS) is 1. The molecule has 1 aliphatic carbocycles. The molecule has 1 fully saturated rings. The van der Waals surface area contributed by atoms with Crippen molar-refractivity contribution >= 4 is 12.0 Å². The highest BCUT2D eigenvalue weighted by Gasteiger charge is 2.27. The highest BCUT2D eigenvalue weighted by molar-refractivity contribution is 5.74. The largest absolute Gasteiger partial charge is 0.481 e. The summed E-state index contributed by atoms with van der Waals surface area (Å²) >= 11 is 0. The number of amides is 2. The van der Waals surface area contributed by atoms with E-state index in [9.17, 15) is 14.7 Å². The maximum atomic E-state index is 11.7. The first-order valence-corrected chi connectivity index (χ1v) is 6.54. The second-order valence-corrected chi connectivity index (χ2v) is 5.45. The van der Waals surface area contributed by atoms with Crippen LogP contribution in [0.15, 0.2) is 0 Å². The van der Waals surface area contributed by atoms with Crippen LogP contribution in [0.4, 0.5) is 4.79 Å². The topological polar surface area (TPSA) is 125 Å². The molecule has 110 valence electrons. The van der Waals surface area contributed by atoms with Crippen LogP contribution in [0.2, 0.25) is 0 Å². The van der Waals surface area contributed by atoms with Crippen molar-refractivity contribution in [1.29, 1.82) is 0 Å². The molecular formula is C12H23N3O4. The zero-order chi connectivity index (χ0) is 14.5. The molecule has 0 aromatic rings. The molecule has 7 heteroatoms. The number of hydrogen-bond acceptors (Lipinski definition) is 4. The molecule has 0 aliphatic heterocycles. The standard InChI is InChI=1S/C12H23N3O4/c1-12(19,6-10(16)17)7-14-11(18)15-9-5-3-2-4-8(9)13/h8-9,19H,2-7,13H2,1H3,(H,16,17)(H2,14,15,18). The van der Waals surface area contributed by atoms with Gasteiger partial charge in [-0.3, -0.25) is 4.79 Å². The lowest BCUT2D eigenvalue weighted by atomic mass is 9.91. The smallest absolute Gasteiger partial charge is 0.315 e. The van der Waals surface area contributed by atoms with E-state index in [4.69, 9.17) is 10.8 Å². The summed E-state index contributed by atoms with van der Waals surface area (Å²) in [5.41, 5.74) is 4.45. The zero-order valence-electron chi connectivity index (χ0n) is 11.2. The molecule has 6 N–H and O–H groups in total. The van der Waals surface area contributed by atoms with E-state index < -0.39 is 24.0 Å². The Bertz CT molecular complexity index is 333. The van der Waals surface area contributed by atoms with Gasteiger partial charge in [-0.25, -0.2) is 4.79 Å². The van der Waals surface area contributed by atoms with Gasteiger partial charge < -0.3 is 26.6 Å². The van der Waals surface area contributed by atoms with Crippen LogP contribution in [-0.4, -0.2) is 46.4 Å². The van der Waals surface area contributed by atoms with E-state index in [-0.39, 0.29) is 18.6 Å². The SMILES string of the molecule is CC(O)(CNC(=O)NC1CCCCC1N)CC(=O)O. The summed E-state index contributed by atoms with van der Waals surface area (Å²) in [5, 5.41) is 23.6. The Morgan fingerprint density at radius 3 is 2.58 bits per heavy atom. The van der Waals surface area contributed by atoms with Gasteiger partial charge in [0.1, 0.15) is 0 Å². The van der Waals surface area contributed by atoms with Crippen molar-refractivity contribution in [3.8, 4) is 0 Å². The monoisotopic (exact) mass is 273 g/mol. The first kappa shape index (κ1) is 15.7. The predicted octanol–water partition coefficient (Wildman–Crippen LogP) is -0.219. The van der Waals surface area contributed by atoms with Crippen molar-refractivity contribution in [3.05, 3.63) is 0 Å². The first-order valence-electron chi connectivity index (χ1n) is 6.54. The number of carbonyl (C=O) groups excluding carboxylic acids is 1. The van der Waals surface area contributed by atoms with Gasteiger partial charge in [-0.15, -0.1) is 0 Å². The number of nitrogens with two attached hydrogens (primary N) is 1. The molecule has 0 spiro atoms. The number of urea groups is 1. The van der Waals surface area contributed by atoms with E-state index in [1.165, 1.54) is 6.92 Å². The normalized spacial score (nSPS) is 26.3. The van der Waals surface area contributed by atoms with Crippen LogP contribution in [0.3, 0.4) is 0 Å². The van der Waals surface area contributed by atoms with Gasteiger partial charge in [0.2, 0.25) is 0 Å². The summed E-state index contributed by atoms with van der Waals surface area (Å²) < 4.78 is 0. The molecule has 0 aromatic carbocycles. The summed E-state index contributed by atoms with van der Waals surface area (Å²) in [5.74, 6) is -1.11. The van der Waals surface area contributed by atoms with Crippen LogP contribution in [0.25, 0.3) is 0 Å². The Hall–Kier alpha value is -1.34. The quantitative estimate of drug-likeness (QED) is 0.473. The molecule has 0 heterocycles. The number of carbonyl (C=O) groups is 2. The van der Waals surface area contributed by atoms with E-state index in [2.05, 4.69) is 10.6 Å². The molecule has 7 nitrogen and oxygen atoms in total. The molecule has 3 atom stereocenters. The molecule has 0 bridgehead atoms. The van der Waals surface area contributed by atoms with Crippen molar-refractivity contribution in [3.63, 3.8) is 0 Å². The number of aliphatic carboxylic acids is 1. The van der Waals surface area contributed by atoms with Gasteiger partial charge in [0.25, 0.3) is 0 Å². The lowest BCUT2D eigenvalue weighted by Crippen LogP contribution is -2.54. The summed E-state index contributed by atoms with van der Waals surface area (Å²) in [6.45, 7) is 1.25. The minimum Gasteiger partial charge on any atom is -0.481 e. The molecule has 19 heavy (non-hydrogen) atoms. The minimum absolute atomic E-state index is 0.0426. The van der Waals surface area contributed by atoms with Crippen LogP contribution < -0.4 is 16.4 Å². The molecular weight excluding hydrogens is 250 g/mol. The number of aliphatic hydroxyl groups is 1. The summed E-state index contributed by atoms with van der Waals surface area (Å²) in [7, 11) is 0.